The summed E-state index contributed by atoms with van der Waals surface area (Å²) in [5.74, 6) is -2.75. The first-order chi connectivity index (χ1) is 17.5. The average molecular weight is 546 g/mol. The Labute approximate surface area is 227 Å². The molecule has 1 amide bonds. The molecule has 0 aromatic rings. The maximum Gasteiger partial charge on any atom is 0.328 e. The molecule has 0 saturated carbocycles. The van der Waals surface area contributed by atoms with Crippen LogP contribution < -0.4 is 5.32 Å². The number of cyclic esters (lactones) is 1. The van der Waals surface area contributed by atoms with Crippen LogP contribution in [0.4, 0.5) is 0 Å². The van der Waals surface area contributed by atoms with Gasteiger partial charge in [-0.15, -0.1) is 0 Å². The first kappa shape index (κ1) is 34.3. The highest BCUT2D eigenvalue weighted by Crippen LogP contribution is 2.32. The van der Waals surface area contributed by atoms with Gasteiger partial charge < -0.3 is 35.2 Å². The number of carbonyl (C=O) groups is 3. The molecule has 12 unspecified atom stereocenters. The van der Waals surface area contributed by atoms with Gasteiger partial charge in [-0.25, -0.2) is 4.79 Å². The fourth-order valence-corrected chi connectivity index (χ4v) is 5.57. The second-order valence-corrected chi connectivity index (χ2v) is 11.8. The molecule has 1 fully saturated rings. The summed E-state index contributed by atoms with van der Waals surface area (Å²) in [6.45, 7) is 13.9. The van der Waals surface area contributed by atoms with Gasteiger partial charge in [0.2, 0.25) is 5.91 Å². The molecule has 0 bridgehead atoms. The Morgan fingerprint density at radius 1 is 1.03 bits per heavy atom. The number of nitrogens with one attached hydrogen (secondary N) is 1. The topological polar surface area (TPSA) is 163 Å². The minimum absolute atomic E-state index is 0.0597. The Balaban J connectivity index is 2.99. The number of ether oxygens (including phenoxy) is 2. The van der Waals surface area contributed by atoms with Gasteiger partial charge in [0.05, 0.1) is 30.8 Å². The Hall–Kier alpha value is -1.75. The standard InChI is InChI=1S/C28H51NO9/c1-14-9-16(3)27(38-28(36)20(7)29-25(34)13-22(31)12-23(14)32)17(4)10-15(2)26(35)19(6)24(33)11-18(5)37-21(8)30/h14-20,22-24,26-27,31-33,35H,9-13H2,1-8H3,(H,29,34). The van der Waals surface area contributed by atoms with E-state index in [2.05, 4.69) is 5.32 Å². The number of hydrogen-bond donors (Lipinski definition) is 5. The summed E-state index contributed by atoms with van der Waals surface area (Å²) in [5.41, 5.74) is 0. The molecule has 5 N–H and O–H groups in total. The van der Waals surface area contributed by atoms with E-state index in [-0.39, 0.29) is 42.9 Å². The third-order valence-corrected chi connectivity index (χ3v) is 7.85. The van der Waals surface area contributed by atoms with Crippen LogP contribution in [0.25, 0.3) is 0 Å². The molecule has 1 saturated heterocycles. The van der Waals surface area contributed by atoms with Crippen LogP contribution in [-0.4, -0.2) is 80.9 Å². The highest BCUT2D eigenvalue weighted by Gasteiger charge is 2.36. The summed E-state index contributed by atoms with van der Waals surface area (Å²) in [6.07, 6.45) is -3.49. The summed E-state index contributed by atoms with van der Waals surface area (Å²) in [6, 6.07) is -0.905. The first-order valence-electron chi connectivity index (χ1n) is 13.9. The van der Waals surface area contributed by atoms with Crippen molar-refractivity contribution in [2.45, 2.75) is 130 Å². The van der Waals surface area contributed by atoms with E-state index in [4.69, 9.17) is 9.47 Å². The fraction of sp³-hybridized carbons (Fsp3) is 0.893. The summed E-state index contributed by atoms with van der Waals surface area (Å²) in [7, 11) is 0. The fourth-order valence-electron chi connectivity index (χ4n) is 5.57. The van der Waals surface area contributed by atoms with Crippen LogP contribution in [0.2, 0.25) is 0 Å². The van der Waals surface area contributed by atoms with Crippen LogP contribution in [0.15, 0.2) is 0 Å². The van der Waals surface area contributed by atoms with Gasteiger partial charge in [-0.3, -0.25) is 9.59 Å². The summed E-state index contributed by atoms with van der Waals surface area (Å²) in [5, 5.41) is 45.0. The van der Waals surface area contributed by atoms with E-state index in [0.29, 0.717) is 12.8 Å². The minimum Gasteiger partial charge on any atom is -0.463 e. The quantitative estimate of drug-likeness (QED) is 0.273. The van der Waals surface area contributed by atoms with Crippen molar-refractivity contribution in [2.75, 3.05) is 0 Å². The Bertz CT molecular complexity index is 763. The van der Waals surface area contributed by atoms with Crippen LogP contribution in [0.1, 0.15) is 87.5 Å². The third-order valence-electron chi connectivity index (χ3n) is 7.85. The van der Waals surface area contributed by atoms with Gasteiger partial charge in [0.15, 0.2) is 0 Å². The second kappa shape index (κ2) is 15.7. The molecular formula is C28H51NO9. The van der Waals surface area contributed by atoms with Crippen molar-refractivity contribution in [1.29, 1.82) is 0 Å². The lowest BCUT2D eigenvalue weighted by Crippen LogP contribution is -2.44. The number of carbonyl (C=O) groups excluding carboxylic acids is 3. The zero-order valence-corrected chi connectivity index (χ0v) is 24.3. The maximum absolute atomic E-state index is 12.9. The molecular weight excluding hydrogens is 494 g/mol. The molecule has 0 aromatic heterocycles. The average Bonchev–Trinajstić information content (AvgIpc) is 2.79. The van der Waals surface area contributed by atoms with Crippen molar-refractivity contribution >= 4 is 17.8 Å². The van der Waals surface area contributed by atoms with Crippen molar-refractivity contribution in [3.8, 4) is 0 Å². The van der Waals surface area contributed by atoms with Crippen LogP contribution in [0.3, 0.4) is 0 Å². The molecule has 12 atom stereocenters. The van der Waals surface area contributed by atoms with Gasteiger partial charge in [0, 0.05) is 19.3 Å². The SMILES string of the molecule is CC(=O)OC(C)CC(O)C(C)C(O)C(C)CC(C)C1OC(=O)C(C)NC(=O)CC(O)CC(O)C(C)CC1C. The largest absolute Gasteiger partial charge is 0.463 e. The highest BCUT2D eigenvalue weighted by molar-refractivity contribution is 5.84. The van der Waals surface area contributed by atoms with Crippen molar-refractivity contribution in [1.82, 2.24) is 5.32 Å². The molecule has 222 valence electrons. The zero-order valence-electron chi connectivity index (χ0n) is 24.3. The van der Waals surface area contributed by atoms with E-state index in [1.807, 2.05) is 27.7 Å². The molecule has 1 aliphatic rings. The van der Waals surface area contributed by atoms with E-state index in [1.54, 1.807) is 13.8 Å². The van der Waals surface area contributed by atoms with Gasteiger partial charge in [-0.05, 0) is 56.8 Å². The molecule has 0 radical (unpaired) electrons. The van der Waals surface area contributed by atoms with E-state index in [0.717, 1.165) is 0 Å². The predicted octanol–water partition coefficient (Wildman–Crippen LogP) is 1.94. The van der Waals surface area contributed by atoms with Gasteiger partial charge in [-0.2, -0.15) is 0 Å². The van der Waals surface area contributed by atoms with Crippen molar-refractivity contribution in [2.24, 2.45) is 29.6 Å². The number of esters is 2. The molecule has 10 heteroatoms. The molecule has 1 rings (SSSR count). The number of aliphatic hydroxyl groups excluding tert-OH is 4. The lowest BCUT2D eigenvalue weighted by atomic mass is 9.78. The third kappa shape index (κ3) is 11.2. The van der Waals surface area contributed by atoms with Crippen molar-refractivity contribution in [3.63, 3.8) is 0 Å². The number of rotatable bonds is 9. The van der Waals surface area contributed by atoms with E-state index >= 15 is 0 Å². The lowest BCUT2D eigenvalue weighted by molar-refractivity contribution is -0.159. The normalized spacial score (nSPS) is 32.6. The van der Waals surface area contributed by atoms with Crippen LogP contribution >= 0.6 is 0 Å². The van der Waals surface area contributed by atoms with E-state index in [1.165, 1.54) is 13.8 Å². The smallest absolute Gasteiger partial charge is 0.328 e. The number of amides is 1. The van der Waals surface area contributed by atoms with Crippen LogP contribution in [0.5, 0.6) is 0 Å². The Kier molecular flexibility index (Phi) is 14.2. The van der Waals surface area contributed by atoms with E-state index < -0.39 is 66.4 Å². The van der Waals surface area contributed by atoms with Gasteiger partial charge in [-0.1, -0.05) is 34.6 Å². The van der Waals surface area contributed by atoms with Crippen molar-refractivity contribution in [3.05, 3.63) is 0 Å². The summed E-state index contributed by atoms with van der Waals surface area (Å²) >= 11 is 0. The molecule has 0 spiro atoms. The highest BCUT2D eigenvalue weighted by atomic mass is 16.5. The molecule has 1 aliphatic heterocycles. The van der Waals surface area contributed by atoms with Crippen LogP contribution in [-0.2, 0) is 23.9 Å². The minimum atomic E-state index is -1.02. The molecule has 0 aromatic carbocycles. The summed E-state index contributed by atoms with van der Waals surface area (Å²) < 4.78 is 11.0. The molecule has 38 heavy (non-hydrogen) atoms. The van der Waals surface area contributed by atoms with Gasteiger partial charge in [0.25, 0.3) is 0 Å². The van der Waals surface area contributed by atoms with E-state index in [9.17, 15) is 34.8 Å². The lowest BCUT2D eigenvalue weighted by Gasteiger charge is -2.36. The first-order valence-corrected chi connectivity index (χ1v) is 13.9. The molecule has 10 nitrogen and oxygen atoms in total. The monoisotopic (exact) mass is 545 g/mol. The predicted molar refractivity (Wildman–Crippen MR) is 142 cm³/mol. The van der Waals surface area contributed by atoms with Gasteiger partial charge >= 0.3 is 11.9 Å². The van der Waals surface area contributed by atoms with Crippen LogP contribution in [0, 0.1) is 29.6 Å². The summed E-state index contributed by atoms with van der Waals surface area (Å²) in [4.78, 5) is 36.3. The molecule has 1 heterocycles. The zero-order chi connectivity index (χ0) is 29.3. The Morgan fingerprint density at radius 3 is 2.21 bits per heavy atom. The molecule has 0 aliphatic carbocycles. The van der Waals surface area contributed by atoms with Gasteiger partial charge in [0.1, 0.15) is 18.2 Å². The Morgan fingerprint density at radius 2 is 1.63 bits per heavy atom. The maximum atomic E-state index is 12.9. The number of aliphatic hydroxyl groups is 4. The number of hydrogen-bond acceptors (Lipinski definition) is 9. The second-order valence-electron chi connectivity index (χ2n) is 11.8. The van der Waals surface area contributed by atoms with Crippen molar-refractivity contribution < 1.29 is 44.3 Å².